The molecule has 3 rings (SSSR count). The molecule has 0 bridgehead atoms. The Hall–Kier alpha value is -1.82. The van der Waals surface area contributed by atoms with Crippen molar-refractivity contribution < 1.29 is 13.2 Å². The van der Waals surface area contributed by atoms with Gasteiger partial charge in [-0.3, -0.25) is 0 Å². The lowest BCUT2D eigenvalue weighted by Crippen LogP contribution is -2.44. The van der Waals surface area contributed by atoms with Gasteiger partial charge in [0.15, 0.2) is 0 Å². The molecule has 1 aromatic rings. The molecule has 1 N–H and O–H groups in total. The second-order valence-corrected chi connectivity index (χ2v) is 8.89. The number of urea groups is 1. The zero-order valence-electron chi connectivity index (χ0n) is 13.8. The van der Waals surface area contributed by atoms with E-state index in [0.717, 1.165) is 18.5 Å². The zero-order chi connectivity index (χ0) is 17.0. The van der Waals surface area contributed by atoms with Gasteiger partial charge in [0.05, 0.1) is 11.5 Å². The second kappa shape index (κ2) is 7.38. The molecule has 0 aliphatic carbocycles. The summed E-state index contributed by atoms with van der Waals surface area (Å²) in [7, 11) is -2.84. The van der Waals surface area contributed by atoms with E-state index in [1.54, 1.807) is 0 Å². The highest BCUT2D eigenvalue weighted by Gasteiger charge is 2.25. The number of rotatable bonds is 3. The molecule has 2 aliphatic rings. The Bertz CT molecular complexity index is 699. The van der Waals surface area contributed by atoms with E-state index in [9.17, 15) is 13.2 Å². The summed E-state index contributed by atoms with van der Waals surface area (Å²) in [6.45, 7) is 1.91. The van der Waals surface area contributed by atoms with E-state index in [4.69, 9.17) is 0 Å². The van der Waals surface area contributed by atoms with Crippen molar-refractivity contribution in [3.8, 4) is 0 Å². The fourth-order valence-corrected chi connectivity index (χ4v) is 4.85. The van der Waals surface area contributed by atoms with E-state index < -0.39 is 9.84 Å². The van der Waals surface area contributed by atoms with Crippen LogP contribution < -0.4 is 5.32 Å². The molecule has 5 nitrogen and oxygen atoms in total. The first-order valence-corrected chi connectivity index (χ1v) is 10.3. The minimum atomic E-state index is -2.84. The number of hydrogen-bond donors (Lipinski definition) is 1. The van der Waals surface area contributed by atoms with E-state index in [1.165, 1.54) is 5.57 Å². The topological polar surface area (TPSA) is 66.5 Å². The van der Waals surface area contributed by atoms with Gasteiger partial charge in [-0.25, -0.2) is 13.2 Å². The Morgan fingerprint density at radius 2 is 1.88 bits per heavy atom. The Morgan fingerprint density at radius 3 is 2.58 bits per heavy atom. The highest BCUT2D eigenvalue weighted by atomic mass is 32.2. The van der Waals surface area contributed by atoms with Gasteiger partial charge in [0, 0.05) is 19.6 Å². The van der Waals surface area contributed by atoms with Gasteiger partial charge >= 0.3 is 6.03 Å². The fourth-order valence-electron chi connectivity index (χ4n) is 3.26. The van der Waals surface area contributed by atoms with Crippen LogP contribution in [-0.4, -0.2) is 50.5 Å². The number of sulfone groups is 1. The van der Waals surface area contributed by atoms with Gasteiger partial charge in [-0.15, -0.1) is 0 Å². The normalized spacial score (nSPS) is 21.2. The summed E-state index contributed by atoms with van der Waals surface area (Å²) in [6, 6.07) is 10.1. The molecular weight excluding hydrogens is 324 g/mol. The molecule has 0 atom stereocenters. The quantitative estimate of drug-likeness (QED) is 0.911. The van der Waals surface area contributed by atoms with Crippen LogP contribution in [0.15, 0.2) is 36.4 Å². The van der Waals surface area contributed by atoms with Gasteiger partial charge in [0.25, 0.3) is 0 Å². The van der Waals surface area contributed by atoms with Crippen molar-refractivity contribution in [3.05, 3.63) is 42.0 Å². The molecule has 0 saturated carbocycles. The molecule has 2 heterocycles. The average molecular weight is 348 g/mol. The molecular formula is C18H24N2O3S. The molecule has 24 heavy (non-hydrogen) atoms. The van der Waals surface area contributed by atoms with E-state index in [2.05, 4.69) is 23.5 Å². The minimum absolute atomic E-state index is 0.0510. The van der Waals surface area contributed by atoms with Gasteiger partial charge in [0.1, 0.15) is 9.84 Å². The van der Waals surface area contributed by atoms with Crippen LogP contribution in [0.4, 0.5) is 4.79 Å². The third-order valence-electron chi connectivity index (χ3n) is 4.80. The van der Waals surface area contributed by atoms with Crippen LogP contribution >= 0.6 is 0 Å². The van der Waals surface area contributed by atoms with Crippen LogP contribution in [0.25, 0.3) is 5.57 Å². The van der Waals surface area contributed by atoms with E-state index >= 15 is 0 Å². The summed E-state index contributed by atoms with van der Waals surface area (Å²) in [6.07, 6.45) is 4.36. The Kier molecular flexibility index (Phi) is 5.23. The van der Waals surface area contributed by atoms with Crippen LogP contribution in [0.1, 0.15) is 24.8 Å². The molecule has 1 saturated heterocycles. The molecule has 1 aromatic carbocycles. The van der Waals surface area contributed by atoms with Crippen molar-refractivity contribution >= 4 is 21.4 Å². The molecule has 0 radical (unpaired) electrons. The molecule has 0 unspecified atom stereocenters. The SMILES string of the molecule is O=C(NCC1CCS(=O)(=O)CC1)N1CCC=C(c2ccccc2)C1. The van der Waals surface area contributed by atoms with Crippen LogP contribution in [-0.2, 0) is 9.84 Å². The molecule has 0 spiro atoms. The standard InChI is InChI=1S/C18H24N2O3S/c21-18(19-13-15-8-11-24(22,23)12-9-15)20-10-4-7-17(14-20)16-5-2-1-3-6-16/h1-3,5-7,15H,4,8-14H2,(H,19,21). The van der Waals surface area contributed by atoms with Crippen molar-refractivity contribution in [1.29, 1.82) is 0 Å². The van der Waals surface area contributed by atoms with Crippen molar-refractivity contribution in [3.63, 3.8) is 0 Å². The van der Waals surface area contributed by atoms with Crippen molar-refractivity contribution in [2.24, 2.45) is 5.92 Å². The molecule has 130 valence electrons. The monoisotopic (exact) mass is 348 g/mol. The van der Waals surface area contributed by atoms with Gasteiger partial charge in [-0.05, 0) is 36.3 Å². The lowest BCUT2D eigenvalue weighted by molar-refractivity contribution is 0.201. The van der Waals surface area contributed by atoms with Crippen molar-refractivity contribution in [1.82, 2.24) is 10.2 Å². The van der Waals surface area contributed by atoms with Crippen molar-refractivity contribution in [2.75, 3.05) is 31.1 Å². The Labute approximate surface area is 143 Å². The largest absolute Gasteiger partial charge is 0.338 e. The number of nitrogens with one attached hydrogen (secondary N) is 1. The third-order valence-corrected chi connectivity index (χ3v) is 6.51. The van der Waals surface area contributed by atoms with Gasteiger partial charge in [-0.1, -0.05) is 36.4 Å². The van der Waals surface area contributed by atoms with E-state index in [-0.39, 0.29) is 23.5 Å². The van der Waals surface area contributed by atoms with Gasteiger partial charge < -0.3 is 10.2 Å². The van der Waals surface area contributed by atoms with Crippen molar-refractivity contribution in [2.45, 2.75) is 19.3 Å². The number of nitrogens with zero attached hydrogens (tertiary/aromatic N) is 1. The summed E-state index contributed by atoms with van der Waals surface area (Å²) in [5.74, 6) is 0.766. The molecule has 6 heteroatoms. The van der Waals surface area contributed by atoms with Gasteiger partial charge in [0.2, 0.25) is 0 Å². The van der Waals surface area contributed by atoms with Crippen LogP contribution in [0.5, 0.6) is 0 Å². The van der Waals surface area contributed by atoms with Gasteiger partial charge in [-0.2, -0.15) is 0 Å². The maximum atomic E-state index is 12.4. The molecule has 2 aliphatic heterocycles. The summed E-state index contributed by atoms with van der Waals surface area (Å²) >= 11 is 0. The first-order chi connectivity index (χ1) is 11.5. The lowest BCUT2D eigenvalue weighted by atomic mass is 10.0. The number of carbonyl (C=O) groups excluding carboxylic acids is 1. The number of hydrogen-bond acceptors (Lipinski definition) is 3. The minimum Gasteiger partial charge on any atom is -0.338 e. The number of benzene rings is 1. The average Bonchev–Trinajstić information content (AvgIpc) is 2.61. The first-order valence-electron chi connectivity index (χ1n) is 8.51. The molecule has 1 fully saturated rings. The third kappa shape index (κ3) is 4.38. The maximum absolute atomic E-state index is 12.4. The Morgan fingerprint density at radius 1 is 1.17 bits per heavy atom. The highest BCUT2D eigenvalue weighted by Crippen LogP contribution is 2.21. The molecule has 0 aromatic heterocycles. The summed E-state index contributed by atoms with van der Waals surface area (Å²) in [4.78, 5) is 14.2. The smallest absolute Gasteiger partial charge is 0.317 e. The first kappa shape index (κ1) is 17.0. The maximum Gasteiger partial charge on any atom is 0.317 e. The lowest BCUT2D eigenvalue weighted by Gasteiger charge is -2.29. The predicted molar refractivity (Wildman–Crippen MR) is 95.4 cm³/mol. The van der Waals surface area contributed by atoms with Crippen LogP contribution in [0, 0.1) is 5.92 Å². The highest BCUT2D eigenvalue weighted by molar-refractivity contribution is 7.91. The van der Waals surface area contributed by atoms with Crippen LogP contribution in [0.2, 0.25) is 0 Å². The molecule has 2 amide bonds. The van der Waals surface area contributed by atoms with E-state index in [0.29, 0.717) is 25.9 Å². The summed E-state index contributed by atoms with van der Waals surface area (Å²) < 4.78 is 22.9. The zero-order valence-corrected chi connectivity index (χ0v) is 14.6. The summed E-state index contributed by atoms with van der Waals surface area (Å²) in [5, 5.41) is 2.99. The van der Waals surface area contributed by atoms with Crippen LogP contribution in [0.3, 0.4) is 0 Å². The second-order valence-electron chi connectivity index (χ2n) is 6.59. The van der Waals surface area contributed by atoms with E-state index in [1.807, 2.05) is 23.1 Å². The predicted octanol–water partition coefficient (Wildman–Crippen LogP) is 2.31. The fraction of sp³-hybridized carbons (Fsp3) is 0.500. The number of carbonyl (C=O) groups is 1. The number of amides is 2. The Balaban J connectivity index is 1.50. The summed E-state index contributed by atoms with van der Waals surface area (Å²) in [5.41, 5.74) is 2.34.